The van der Waals surface area contributed by atoms with Crippen LogP contribution in [0.5, 0.6) is 0 Å². The number of rotatable bonds is 3. The molecule has 0 bridgehead atoms. The Morgan fingerprint density at radius 3 is 2.46 bits per heavy atom. The van der Waals surface area contributed by atoms with E-state index in [0.717, 1.165) is 11.3 Å². The third kappa shape index (κ3) is 3.21. The van der Waals surface area contributed by atoms with E-state index in [4.69, 9.17) is 5.73 Å². The van der Waals surface area contributed by atoms with E-state index in [9.17, 15) is 8.78 Å². The van der Waals surface area contributed by atoms with Crippen LogP contribution in [-0.4, -0.2) is 6.43 Å². The molecule has 0 fully saturated rings. The second-order valence-corrected chi connectivity index (χ2v) is 3.72. The molecule has 0 aliphatic heterocycles. The molecule has 0 unspecified atom stereocenters. The minimum atomic E-state index is -2.46. The zero-order chi connectivity index (χ0) is 9.14. The molecule has 0 aromatic carbocycles. The molecule has 0 saturated carbocycles. The van der Waals surface area contributed by atoms with Crippen molar-refractivity contribution in [3.63, 3.8) is 0 Å². The van der Waals surface area contributed by atoms with E-state index in [0.29, 0.717) is 4.88 Å². The smallest absolute Gasteiger partial charge is 0.258 e. The first-order chi connectivity index (χ1) is 5.65. The molecule has 1 aromatic rings. The molecule has 2 N–H and O–H groups in total. The van der Waals surface area contributed by atoms with Crippen LogP contribution in [0.4, 0.5) is 8.78 Å². The van der Waals surface area contributed by atoms with Crippen LogP contribution in [0.15, 0.2) is 12.1 Å². The molecule has 1 heterocycles. The average Bonchev–Trinajstić information content (AvgIpc) is 2.50. The summed E-state index contributed by atoms with van der Waals surface area (Å²) in [6, 6.07) is 2.41. The van der Waals surface area contributed by atoms with Crippen LogP contribution in [0.2, 0.25) is 0 Å². The van der Waals surface area contributed by atoms with Crippen molar-refractivity contribution in [2.45, 2.75) is 25.8 Å². The maximum Gasteiger partial charge on any atom is 0.258 e. The van der Waals surface area contributed by atoms with Gasteiger partial charge in [0.1, 0.15) is 6.04 Å². The fourth-order valence-electron chi connectivity index (χ4n) is 0.888. The van der Waals surface area contributed by atoms with Gasteiger partial charge in [0.05, 0.1) is 0 Å². The summed E-state index contributed by atoms with van der Waals surface area (Å²) in [6.45, 7) is 1.99. The molecule has 1 atom stereocenters. The Balaban J connectivity index is 0.00000144. The summed E-state index contributed by atoms with van der Waals surface area (Å²) in [6.07, 6.45) is -1.59. The van der Waals surface area contributed by atoms with Crippen LogP contribution in [0.25, 0.3) is 0 Å². The number of hydrogen-bond acceptors (Lipinski definition) is 2. The van der Waals surface area contributed by atoms with E-state index < -0.39 is 12.5 Å². The molecule has 1 nitrogen and oxygen atoms in total. The van der Waals surface area contributed by atoms with Crippen LogP contribution in [0.3, 0.4) is 0 Å². The molecule has 0 amide bonds. The number of aryl methyl sites for hydroxylation is 1. The summed E-state index contributed by atoms with van der Waals surface area (Å²) in [5.41, 5.74) is 5.27. The molecule has 1 aromatic heterocycles. The van der Waals surface area contributed by atoms with Crippen molar-refractivity contribution in [3.8, 4) is 0 Å². The summed E-state index contributed by atoms with van der Waals surface area (Å²) in [5.74, 6) is 0. The zero-order valence-electron chi connectivity index (χ0n) is 7.17. The molecular formula is C8H12ClF2NS. The van der Waals surface area contributed by atoms with Gasteiger partial charge in [0.2, 0.25) is 0 Å². The van der Waals surface area contributed by atoms with Gasteiger partial charge in [-0.3, -0.25) is 0 Å². The summed E-state index contributed by atoms with van der Waals surface area (Å²) < 4.78 is 24.2. The number of nitrogens with two attached hydrogens (primary N) is 1. The van der Waals surface area contributed by atoms with Crippen LogP contribution < -0.4 is 5.73 Å². The first-order valence-corrected chi connectivity index (χ1v) is 4.59. The Morgan fingerprint density at radius 2 is 2.08 bits per heavy atom. The van der Waals surface area contributed by atoms with Crippen LogP contribution in [-0.2, 0) is 6.42 Å². The minimum Gasteiger partial charge on any atom is -0.319 e. The van der Waals surface area contributed by atoms with Crippen molar-refractivity contribution in [2.75, 3.05) is 0 Å². The lowest BCUT2D eigenvalue weighted by atomic mass is 10.2. The number of halogens is 3. The second-order valence-electron chi connectivity index (χ2n) is 2.52. The first-order valence-electron chi connectivity index (χ1n) is 3.77. The summed E-state index contributed by atoms with van der Waals surface area (Å²) in [7, 11) is 0. The molecule has 1 rings (SSSR count). The first kappa shape index (κ1) is 12.8. The third-order valence-corrected chi connectivity index (χ3v) is 2.96. The summed E-state index contributed by atoms with van der Waals surface area (Å²) in [4.78, 5) is 1.67. The predicted molar refractivity (Wildman–Crippen MR) is 53.9 cm³/mol. The van der Waals surface area contributed by atoms with Crippen molar-refractivity contribution < 1.29 is 8.78 Å². The lowest BCUT2D eigenvalue weighted by Gasteiger charge is -2.06. The van der Waals surface area contributed by atoms with E-state index in [1.165, 1.54) is 11.3 Å². The Morgan fingerprint density at radius 1 is 1.46 bits per heavy atom. The molecule has 0 aliphatic carbocycles. The van der Waals surface area contributed by atoms with Gasteiger partial charge in [0.15, 0.2) is 0 Å². The lowest BCUT2D eigenvalue weighted by molar-refractivity contribution is 0.118. The van der Waals surface area contributed by atoms with Crippen molar-refractivity contribution >= 4 is 23.7 Å². The molecule has 0 spiro atoms. The van der Waals surface area contributed by atoms with Gasteiger partial charge in [-0.05, 0) is 18.6 Å². The normalized spacial score (nSPS) is 12.7. The Kier molecular flexibility index (Phi) is 5.44. The zero-order valence-corrected chi connectivity index (χ0v) is 8.80. The van der Waals surface area contributed by atoms with Gasteiger partial charge in [0.25, 0.3) is 6.43 Å². The van der Waals surface area contributed by atoms with Gasteiger partial charge >= 0.3 is 0 Å². The van der Waals surface area contributed by atoms with E-state index in [2.05, 4.69) is 0 Å². The van der Waals surface area contributed by atoms with Gasteiger partial charge < -0.3 is 5.73 Å². The van der Waals surface area contributed by atoms with Gasteiger partial charge in [-0.15, -0.1) is 23.7 Å². The largest absolute Gasteiger partial charge is 0.319 e. The topological polar surface area (TPSA) is 26.0 Å². The molecule has 13 heavy (non-hydrogen) atoms. The van der Waals surface area contributed by atoms with E-state index >= 15 is 0 Å². The molecule has 0 saturated heterocycles. The highest BCUT2D eigenvalue weighted by atomic mass is 35.5. The predicted octanol–water partition coefficient (Wildman–Crippen LogP) is 3.00. The lowest BCUT2D eigenvalue weighted by Crippen LogP contribution is -2.17. The van der Waals surface area contributed by atoms with Gasteiger partial charge in [0, 0.05) is 9.75 Å². The average molecular weight is 228 g/mol. The minimum absolute atomic E-state index is 0. The second kappa shape index (κ2) is 5.52. The Hall–Kier alpha value is -0.190. The third-order valence-electron chi connectivity index (χ3n) is 1.63. The summed E-state index contributed by atoms with van der Waals surface area (Å²) >= 11 is 1.36. The number of hydrogen-bond donors (Lipinski definition) is 1. The van der Waals surface area contributed by atoms with Crippen molar-refractivity contribution in [1.82, 2.24) is 0 Å². The van der Waals surface area contributed by atoms with Crippen molar-refractivity contribution in [1.29, 1.82) is 0 Å². The Labute approximate surface area is 86.4 Å². The fraction of sp³-hybridized carbons (Fsp3) is 0.500. The molecule has 76 valence electrons. The van der Waals surface area contributed by atoms with Crippen LogP contribution in [0, 0.1) is 0 Å². The summed E-state index contributed by atoms with van der Waals surface area (Å²) in [5, 5.41) is 0. The van der Waals surface area contributed by atoms with E-state index in [-0.39, 0.29) is 12.4 Å². The number of thiophene rings is 1. The van der Waals surface area contributed by atoms with Crippen LogP contribution in [0.1, 0.15) is 22.7 Å². The molecular weight excluding hydrogens is 216 g/mol. The molecule has 0 aliphatic rings. The highest BCUT2D eigenvalue weighted by Gasteiger charge is 2.18. The highest BCUT2D eigenvalue weighted by Crippen LogP contribution is 2.25. The SMILES string of the molecule is CCc1ccc([C@@H](N)C(F)F)s1.Cl. The van der Waals surface area contributed by atoms with Crippen molar-refractivity contribution in [3.05, 3.63) is 21.9 Å². The Bertz CT molecular complexity index is 252. The quantitative estimate of drug-likeness (QED) is 0.844. The maximum absolute atomic E-state index is 12.1. The number of alkyl halides is 2. The van der Waals surface area contributed by atoms with Gasteiger partial charge in [-0.1, -0.05) is 6.92 Å². The van der Waals surface area contributed by atoms with E-state index in [1.54, 1.807) is 6.07 Å². The molecule has 0 radical (unpaired) electrons. The van der Waals surface area contributed by atoms with Crippen LogP contribution >= 0.6 is 23.7 Å². The van der Waals surface area contributed by atoms with Gasteiger partial charge in [-0.25, -0.2) is 8.78 Å². The monoisotopic (exact) mass is 227 g/mol. The standard InChI is InChI=1S/C8H11F2NS.ClH/c1-2-5-3-4-6(12-5)7(11)8(9)10;/h3-4,7-8H,2,11H2,1H3;1H/t7-;/m1./s1. The molecule has 5 heteroatoms. The highest BCUT2D eigenvalue weighted by molar-refractivity contribution is 7.12. The fourth-order valence-corrected chi connectivity index (χ4v) is 1.85. The van der Waals surface area contributed by atoms with E-state index in [1.807, 2.05) is 13.0 Å². The maximum atomic E-state index is 12.1. The van der Waals surface area contributed by atoms with Crippen molar-refractivity contribution in [2.24, 2.45) is 5.73 Å². The van der Waals surface area contributed by atoms with Gasteiger partial charge in [-0.2, -0.15) is 0 Å².